The van der Waals surface area contributed by atoms with Gasteiger partial charge in [-0.25, -0.2) is 0 Å². The van der Waals surface area contributed by atoms with Gasteiger partial charge in [0.1, 0.15) is 0 Å². The summed E-state index contributed by atoms with van der Waals surface area (Å²) in [5.41, 5.74) is 4.08. The first kappa shape index (κ1) is 14.2. The van der Waals surface area contributed by atoms with Gasteiger partial charge >= 0.3 is 0 Å². The minimum absolute atomic E-state index is 0.0982. The van der Waals surface area contributed by atoms with Crippen LogP contribution in [0.4, 0.5) is 0 Å². The van der Waals surface area contributed by atoms with E-state index in [1.165, 1.54) is 0 Å². The molecule has 0 aliphatic rings. The van der Waals surface area contributed by atoms with Crippen LogP contribution in [-0.2, 0) is 24.8 Å². The average Bonchev–Trinajstić information content (AvgIpc) is 2.66. The Morgan fingerprint density at radius 1 is 1.30 bits per heavy atom. The number of carbonyl (C=O) groups is 1. The highest BCUT2D eigenvalue weighted by Crippen LogP contribution is 2.14. The number of carbonyl (C=O) groups excluding carboxylic acids is 1. The second kappa shape index (κ2) is 5.86. The molecule has 2 heterocycles. The number of hydrogen-bond acceptors (Lipinski definition) is 3. The summed E-state index contributed by atoms with van der Waals surface area (Å²) in [6.45, 7) is 4.53. The maximum absolute atomic E-state index is 12.3. The zero-order chi connectivity index (χ0) is 14.7. The lowest BCUT2D eigenvalue weighted by Gasteiger charge is -2.17. The van der Waals surface area contributed by atoms with Crippen LogP contribution in [0.25, 0.3) is 0 Å². The van der Waals surface area contributed by atoms with E-state index < -0.39 is 0 Å². The number of aryl methyl sites for hydroxylation is 2. The molecule has 5 nitrogen and oxygen atoms in total. The van der Waals surface area contributed by atoms with Crippen molar-refractivity contribution in [1.29, 1.82) is 0 Å². The van der Waals surface area contributed by atoms with Gasteiger partial charge in [0.2, 0.25) is 5.91 Å². The largest absolute Gasteiger partial charge is 0.341 e. The van der Waals surface area contributed by atoms with Crippen LogP contribution in [0.1, 0.15) is 22.5 Å². The maximum Gasteiger partial charge on any atom is 0.227 e. The van der Waals surface area contributed by atoms with Crippen LogP contribution in [0.5, 0.6) is 0 Å². The first-order valence-corrected chi connectivity index (χ1v) is 6.61. The van der Waals surface area contributed by atoms with E-state index in [4.69, 9.17) is 0 Å². The summed E-state index contributed by atoms with van der Waals surface area (Å²) in [7, 11) is 3.72. The molecule has 0 spiro atoms. The highest BCUT2D eigenvalue weighted by Gasteiger charge is 2.16. The van der Waals surface area contributed by atoms with Crippen molar-refractivity contribution in [2.45, 2.75) is 26.8 Å². The highest BCUT2D eigenvalue weighted by atomic mass is 16.2. The molecular formula is C15H20N4O. The summed E-state index contributed by atoms with van der Waals surface area (Å²) < 4.78 is 1.82. The molecule has 0 saturated carbocycles. The molecule has 5 heteroatoms. The standard InChI is InChI=1S/C15H20N4O/c1-11-14(12(2)19(4)17-11)9-15(20)18(3)10-13-5-7-16-8-6-13/h5-8H,9-10H2,1-4H3. The van der Waals surface area contributed by atoms with Crippen molar-refractivity contribution in [3.63, 3.8) is 0 Å². The van der Waals surface area contributed by atoms with Gasteiger partial charge in [0, 0.05) is 44.3 Å². The molecule has 0 radical (unpaired) electrons. The summed E-state index contributed by atoms with van der Waals surface area (Å²) in [5, 5.41) is 4.34. The predicted molar refractivity (Wildman–Crippen MR) is 77.1 cm³/mol. The second-order valence-corrected chi connectivity index (χ2v) is 5.06. The third kappa shape index (κ3) is 3.04. The highest BCUT2D eigenvalue weighted by molar-refractivity contribution is 5.79. The van der Waals surface area contributed by atoms with Crippen molar-refractivity contribution in [2.75, 3.05) is 7.05 Å². The molecule has 0 fully saturated rings. The van der Waals surface area contributed by atoms with Gasteiger partial charge in [0.05, 0.1) is 12.1 Å². The van der Waals surface area contributed by atoms with E-state index >= 15 is 0 Å². The molecule has 2 aromatic heterocycles. The van der Waals surface area contributed by atoms with Gasteiger partial charge in [-0.2, -0.15) is 5.10 Å². The number of pyridine rings is 1. The zero-order valence-electron chi connectivity index (χ0n) is 12.4. The monoisotopic (exact) mass is 272 g/mol. The Balaban J connectivity index is 2.04. The molecule has 2 aromatic rings. The number of hydrogen-bond donors (Lipinski definition) is 0. The van der Waals surface area contributed by atoms with Crippen LogP contribution in [-0.4, -0.2) is 32.6 Å². The molecule has 106 valence electrons. The SMILES string of the molecule is Cc1nn(C)c(C)c1CC(=O)N(C)Cc1ccncc1. The molecule has 1 amide bonds. The van der Waals surface area contributed by atoms with Crippen molar-refractivity contribution in [3.8, 4) is 0 Å². The van der Waals surface area contributed by atoms with Gasteiger partial charge in [-0.1, -0.05) is 0 Å². The van der Waals surface area contributed by atoms with E-state index in [2.05, 4.69) is 10.1 Å². The summed E-state index contributed by atoms with van der Waals surface area (Å²) in [4.78, 5) is 18.0. The third-order valence-corrected chi connectivity index (χ3v) is 3.58. The first-order chi connectivity index (χ1) is 9.49. The molecule has 0 aliphatic carbocycles. The normalized spacial score (nSPS) is 10.6. The van der Waals surface area contributed by atoms with Crippen LogP contribution in [0.15, 0.2) is 24.5 Å². The zero-order valence-corrected chi connectivity index (χ0v) is 12.4. The minimum Gasteiger partial charge on any atom is -0.341 e. The Morgan fingerprint density at radius 3 is 2.50 bits per heavy atom. The third-order valence-electron chi connectivity index (χ3n) is 3.58. The first-order valence-electron chi connectivity index (χ1n) is 6.61. The fourth-order valence-electron chi connectivity index (χ4n) is 2.21. The summed E-state index contributed by atoms with van der Waals surface area (Å²) in [6, 6.07) is 3.84. The smallest absolute Gasteiger partial charge is 0.227 e. The van der Waals surface area contributed by atoms with E-state index in [0.29, 0.717) is 13.0 Å². The van der Waals surface area contributed by atoms with E-state index in [-0.39, 0.29) is 5.91 Å². The van der Waals surface area contributed by atoms with Gasteiger partial charge in [0.25, 0.3) is 0 Å². The van der Waals surface area contributed by atoms with Crippen LogP contribution in [0.3, 0.4) is 0 Å². The summed E-state index contributed by atoms with van der Waals surface area (Å²) in [6.07, 6.45) is 3.87. The quantitative estimate of drug-likeness (QED) is 0.850. The van der Waals surface area contributed by atoms with E-state index in [9.17, 15) is 4.79 Å². The molecule has 0 atom stereocenters. The predicted octanol–water partition coefficient (Wildman–Crippen LogP) is 1.63. The molecule has 0 aliphatic heterocycles. The fourth-order valence-corrected chi connectivity index (χ4v) is 2.21. The Bertz CT molecular complexity index is 604. The van der Waals surface area contributed by atoms with Crippen LogP contribution < -0.4 is 0 Å². The van der Waals surface area contributed by atoms with E-state index in [1.54, 1.807) is 17.3 Å². The lowest BCUT2D eigenvalue weighted by Crippen LogP contribution is -2.28. The summed E-state index contributed by atoms with van der Waals surface area (Å²) in [5.74, 6) is 0.0982. The van der Waals surface area contributed by atoms with E-state index in [1.807, 2.05) is 44.8 Å². The number of aromatic nitrogens is 3. The summed E-state index contributed by atoms with van der Waals surface area (Å²) >= 11 is 0. The van der Waals surface area contributed by atoms with Crippen molar-refractivity contribution in [3.05, 3.63) is 47.0 Å². The average molecular weight is 272 g/mol. The fraction of sp³-hybridized carbons (Fsp3) is 0.400. The molecule has 0 N–H and O–H groups in total. The van der Waals surface area contributed by atoms with Gasteiger partial charge in [-0.3, -0.25) is 14.5 Å². The van der Waals surface area contributed by atoms with Crippen molar-refractivity contribution < 1.29 is 4.79 Å². The molecule has 0 saturated heterocycles. The van der Waals surface area contributed by atoms with E-state index in [0.717, 1.165) is 22.5 Å². The molecule has 0 unspecified atom stereocenters. The molecule has 0 aromatic carbocycles. The number of amides is 1. The van der Waals surface area contributed by atoms with Gasteiger partial charge in [0.15, 0.2) is 0 Å². The number of nitrogens with zero attached hydrogens (tertiary/aromatic N) is 4. The molecule has 2 rings (SSSR count). The van der Waals surface area contributed by atoms with Gasteiger partial charge < -0.3 is 4.90 Å². The number of likely N-dealkylation sites (N-methyl/N-ethyl adjacent to an activating group) is 1. The van der Waals surface area contributed by atoms with Crippen molar-refractivity contribution in [1.82, 2.24) is 19.7 Å². The van der Waals surface area contributed by atoms with Gasteiger partial charge in [-0.05, 0) is 31.5 Å². The molecule has 20 heavy (non-hydrogen) atoms. The lowest BCUT2D eigenvalue weighted by molar-refractivity contribution is -0.129. The Hall–Kier alpha value is -2.17. The topological polar surface area (TPSA) is 51.0 Å². The number of rotatable bonds is 4. The molecule has 0 bridgehead atoms. The van der Waals surface area contributed by atoms with Gasteiger partial charge in [-0.15, -0.1) is 0 Å². The molecular weight excluding hydrogens is 252 g/mol. The minimum atomic E-state index is 0.0982. The van der Waals surface area contributed by atoms with Crippen LogP contribution >= 0.6 is 0 Å². The Labute approximate surface area is 119 Å². The van der Waals surface area contributed by atoms with Crippen LogP contribution in [0.2, 0.25) is 0 Å². The van der Waals surface area contributed by atoms with Crippen molar-refractivity contribution >= 4 is 5.91 Å². The van der Waals surface area contributed by atoms with Crippen LogP contribution in [0, 0.1) is 13.8 Å². The Kier molecular flexibility index (Phi) is 4.17. The Morgan fingerprint density at radius 2 is 1.95 bits per heavy atom. The van der Waals surface area contributed by atoms with Crippen molar-refractivity contribution in [2.24, 2.45) is 7.05 Å². The maximum atomic E-state index is 12.3. The second-order valence-electron chi connectivity index (χ2n) is 5.06. The lowest BCUT2D eigenvalue weighted by atomic mass is 10.1.